The van der Waals surface area contributed by atoms with Gasteiger partial charge in [-0.2, -0.15) is 0 Å². The van der Waals surface area contributed by atoms with Gasteiger partial charge in [-0.3, -0.25) is 4.79 Å². The van der Waals surface area contributed by atoms with Crippen molar-refractivity contribution in [3.8, 4) is 0 Å². The molecule has 4 heteroatoms. The summed E-state index contributed by atoms with van der Waals surface area (Å²) < 4.78 is 5.47. The molecule has 18 heavy (non-hydrogen) atoms. The summed E-state index contributed by atoms with van der Waals surface area (Å²) in [6, 6.07) is 8.17. The van der Waals surface area contributed by atoms with Gasteiger partial charge < -0.3 is 15.0 Å². The van der Waals surface area contributed by atoms with E-state index in [-0.39, 0.29) is 12.0 Å². The summed E-state index contributed by atoms with van der Waals surface area (Å²) in [6.07, 6.45) is 0.647. The molecule has 1 aliphatic rings. The lowest BCUT2D eigenvalue weighted by Gasteiger charge is -2.32. The van der Waals surface area contributed by atoms with Crippen LogP contribution in [0.2, 0.25) is 0 Å². The van der Waals surface area contributed by atoms with Crippen LogP contribution in [0.4, 0.5) is 5.69 Å². The molecule has 1 atom stereocenters. The predicted molar refractivity (Wildman–Crippen MR) is 71.8 cm³/mol. The van der Waals surface area contributed by atoms with Crippen molar-refractivity contribution in [2.24, 2.45) is 0 Å². The number of carbonyl (C=O) groups excluding carboxylic acids is 1. The third kappa shape index (κ3) is 2.71. The van der Waals surface area contributed by atoms with E-state index in [2.05, 4.69) is 24.4 Å². The summed E-state index contributed by atoms with van der Waals surface area (Å²) in [7, 11) is 1.83. The van der Waals surface area contributed by atoms with Crippen molar-refractivity contribution in [1.82, 2.24) is 5.32 Å². The number of likely N-dealkylation sites (N-methyl/N-ethyl adjacent to an activating group) is 1. The minimum absolute atomic E-state index is 0.0415. The van der Waals surface area contributed by atoms with Crippen molar-refractivity contribution in [3.05, 3.63) is 29.8 Å². The van der Waals surface area contributed by atoms with E-state index in [1.54, 1.807) is 0 Å². The van der Waals surface area contributed by atoms with Crippen LogP contribution in [0.3, 0.4) is 0 Å². The van der Waals surface area contributed by atoms with Crippen molar-refractivity contribution in [2.75, 3.05) is 31.6 Å². The van der Waals surface area contributed by atoms with Crippen LogP contribution in [-0.2, 0) is 16.0 Å². The molecule has 1 heterocycles. The van der Waals surface area contributed by atoms with Gasteiger partial charge in [-0.1, -0.05) is 19.1 Å². The monoisotopic (exact) mass is 248 g/mol. The van der Waals surface area contributed by atoms with Crippen LogP contribution in [0, 0.1) is 0 Å². The Morgan fingerprint density at radius 3 is 2.72 bits per heavy atom. The molecule has 0 saturated carbocycles. The molecule has 0 aromatic heterocycles. The molecule has 2 rings (SSSR count). The van der Waals surface area contributed by atoms with Gasteiger partial charge in [0.15, 0.2) is 0 Å². The molecule has 0 aliphatic carbocycles. The van der Waals surface area contributed by atoms with Crippen LogP contribution in [0.25, 0.3) is 0 Å². The van der Waals surface area contributed by atoms with Gasteiger partial charge in [0.2, 0.25) is 0 Å². The average Bonchev–Trinajstić information content (AvgIpc) is 2.42. The van der Waals surface area contributed by atoms with Crippen LogP contribution >= 0.6 is 0 Å². The van der Waals surface area contributed by atoms with Gasteiger partial charge in [-0.25, -0.2) is 0 Å². The third-order valence-electron chi connectivity index (χ3n) is 3.22. The number of ether oxygens (including phenoxy) is 1. The molecule has 0 radical (unpaired) electrons. The van der Waals surface area contributed by atoms with Gasteiger partial charge in [0.1, 0.15) is 6.10 Å². The Bertz CT molecular complexity index is 401. The number of rotatable bonds is 4. The van der Waals surface area contributed by atoms with Crippen LogP contribution in [0.5, 0.6) is 0 Å². The van der Waals surface area contributed by atoms with Crippen molar-refractivity contribution in [2.45, 2.75) is 19.4 Å². The number of nitrogens with one attached hydrogen (secondary N) is 1. The number of hydrogen-bond donors (Lipinski definition) is 1. The molecule has 1 saturated heterocycles. The highest BCUT2D eigenvalue weighted by Crippen LogP contribution is 2.19. The van der Waals surface area contributed by atoms with Crippen molar-refractivity contribution in [3.63, 3.8) is 0 Å². The Morgan fingerprint density at radius 1 is 1.39 bits per heavy atom. The van der Waals surface area contributed by atoms with E-state index in [1.807, 2.05) is 24.1 Å². The van der Waals surface area contributed by atoms with E-state index in [0.29, 0.717) is 19.7 Å². The van der Waals surface area contributed by atoms with Gasteiger partial charge in [-0.05, 0) is 31.2 Å². The second kappa shape index (κ2) is 5.98. The number of anilines is 1. The number of amides is 1. The van der Waals surface area contributed by atoms with E-state index < -0.39 is 0 Å². The average molecular weight is 248 g/mol. The molecule has 1 aromatic carbocycles. The summed E-state index contributed by atoms with van der Waals surface area (Å²) in [5.74, 6) is 0.0415. The predicted octanol–water partition coefficient (Wildman–Crippen LogP) is 1.20. The maximum absolute atomic E-state index is 12.2. The van der Waals surface area contributed by atoms with E-state index in [1.165, 1.54) is 5.56 Å². The van der Waals surface area contributed by atoms with Crippen LogP contribution < -0.4 is 10.2 Å². The molecule has 1 N–H and O–H groups in total. The molecule has 98 valence electrons. The van der Waals surface area contributed by atoms with Crippen LogP contribution in [0.1, 0.15) is 12.5 Å². The Hall–Kier alpha value is -1.39. The van der Waals surface area contributed by atoms with Gasteiger partial charge in [0.25, 0.3) is 5.91 Å². The summed E-state index contributed by atoms with van der Waals surface area (Å²) in [4.78, 5) is 14.0. The molecule has 1 unspecified atom stereocenters. The lowest BCUT2D eigenvalue weighted by atomic mass is 10.1. The molecular weight excluding hydrogens is 228 g/mol. The number of aryl methyl sites for hydroxylation is 1. The zero-order valence-corrected chi connectivity index (χ0v) is 11.0. The second-order valence-electron chi connectivity index (χ2n) is 4.43. The fourth-order valence-electron chi connectivity index (χ4n) is 2.14. The zero-order valence-electron chi connectivity index (χ0n) is 11.0. The Labute approximate surface area is 108 Å². The molecule has 0 spiro atoms. The standard InChI is InChI=1S/C14H20N2O2/c1-3-11-4-6-12(7-5-11)16-8-9-18-13(10-15-2)14(16)17/h4-7,13,15H,3,8-10H2,1-2H3. The first-order chi connectivity index (χ1) is 8.76. The summed E-state index contributed by atoms with van der Waals surface area (Å²) >= 11 is 0. The zero-order chi connectivity index (χ0) is 13.0. The number of hydrogen-bond acceptors (Lipinski definition) is 3. The maximum atomic E-state index is 12.2. The molecule has 0 bridgehead atoms. The van der Waals surface area contributed by atoms with Crippen molar-refractivity contribution in [1.29, 1.82) is 0 Å². The van der Waals surface area contributed by atoms with Gasteiger partial charge in [0, 0.05) is 18.8 Å². The highest BCUT2D eigenvalue weighted by atomic mass is 16.5. The Balaban J connectivity index is 2.13. The van der Waals surface area contributed by atoms with Crippen LogP contribution in [-0.4, -0.2) is 38.8 Å². The highest BCUT2D eigenvalue weighted by Gasteiger charge is 2.29. The summed E-state index contributed by atoms with van der Waals surface area (Å²) in [6.45, 7) is 3.90. The van der Waals surface area contributed by atoms with E-state index in [9.17, 15) is 4.79 Å². The topological polar surface area (TPSA) is 41.6 Å². The number of carbonyl (C=O) groups is 1. The Morgan fingerprint density at radius 2 is 2.11 bits per heavy atom. The minimum atomic E-state index is -0.366. The normalized spacial score (nSPS) is 20.2. The van der Waals surface area contributed by atoms with Crippen LogP contribution in [0.15, 0.2) is 24.3 Å². The smallest absolute Gasteiger partial charge is 0.257 e. The SMILES string of the molecule is CCc1ccc(N2CCOC(CNC)C2=O)cc1. The Kier molecular flexibility index (Phi) is 4.33. The second-order valence-corrected chi connectivity index (χ2v) is 4.43. The number of nitrogens with zero attached hydrogens (tertiary/aromatic N) is 1. The molecule has 1 fully saturated rings. The fraction of sp³-hybridized carbons (Fsp3) is 0.500. The van der Waals surface area contributed by atoms with Gasteiger partial charge in [-0.15, -0.1) is 0 Å². The largest absolute Gasteiger partial charge is 0.365 e. The molecule has 1 amide bonds. The summed E-state index contributed by atoms with van der Waals surface area (Å²) in [5.41, 5.74) is 2.24. The van der Waals surface area contributed by atoms with E-state index in [0.717, 1.165) is 12.1 Å². The van der Waals surface area contributed by atoms with Crippen molar-refractivity contribution >= 4 is 11.6 Å². The molecule has 1 aliphatic heterocycles. The minimum Gasteiger partial charge on any atom is -0.365 e. The van der Waals surface area contributed by atoms with Crippen molar-refractivity contribution < 1.29 is 9.53 Å². The maximum Gasteiger partial charge on any atom is 0.257 e. The lowest BCUT2D eigenvalue weighted by Crippen LogP contribution is -2.51. The molecule has 1 aromatic rings. The van der Waals surface area contributed by atoms with E-state index in [4.69, 9.17) is 4.74 Å². The first-order valence-corrected chi connectivity index (χ1v) is 6.42. The molecular formula is C14H20N2O2. The number of benzene rings is 1. The lowest BCUT2D eigenvalue weighted by molar-refractivity contribution is -0.133. The van der Waals surface area contributed by atoms with Gasteiger partial charge in [0.05, 0.1) is 6.61 Å². The van der Waals surface area contributed by atoms with E-state index >= 15 is 0 Å². The first-order valence-electron chi connectivity index (χ1n) is 6.42. The fourth-order valence-corrected chi connectivity index (χ4v) is 2.14. The summed E-state index contributed by atoms with van der Waals surface area (Å²) in [5, 5.41) is 2.99. The third-order valence-corrected chi connectivity index (χ3v) is 3.22. The molecule has 4 nitrogen and oxygen atoms in total. The van der Waals surface area contributed by atoms with Gasteiger partial charge >= 0.3 is 0 Å². The number of morpholine rings is 1. The highest BCUT2D eigenvalue weighted by molar-refractivity contribution is 5.97. The first kappa shape index (κ1) is 13.1. The quantitative estimate of drug-likeness (QED) is 0.870.